The van der Waals surface area contributed by atoms with Gasteiger partial charge in [-0.25, -0.2) is 4.79 Å². The average Bonchev–Trinajstić information content (AvgIpc) is 3.20. The predicted molar refractivity (Wildman–Crippen MR) is 128 cm³/mol. The van der Waals surface area contributed by atoms with E-state index in [1.165, 1.54) is 11.1 Å². The molecule has 3 aromatic rings. The Kier molecular flexibility index (Phi) is 6.19. The summed E-state index contributed by atoms with van der Waals surface area (Å²) in [5.74, 6) is 0.312. The van der Waals surface area contributed by atoms with Crippen molar-refractivity contribution in [3.8, 4) is 16.9 Å². The largest absolute Gasteiger partial charge is 0.497 e. The molecule has 0 atom stereocenters. The second-order valence-electron chi connectivity index (χ2n) is 8.95. The molecule has 1 heterocycles. The van der Waals surface area contributed by atoms with E-state index in [0.29, 0.717) is 11.3 Å². The second kappa shape index (κ2) is 9.05. The molecule has 1 aliphatic heterocycles. The molecule has 3 aromatic carbocycles. The summed E-state index contributed by atoms with van der Waals surface area (Å²) >= 11 is 0. The molecule has 0 radical (unpaired) electrons. The molecule has 0 aromatic heterocycles. The van der Waals surface area contributed by atoms with Crippen LogP contribution in [0, 0.1) is 0 Å². The van der Waals surface area contributed by atoms with Crippen LogP contribution in [0.2, 0.25) is 0 Å². The number of methoxy groups -OCH3 is 1. The number of para-hydroxylation sites is 1. The zero-order valence-corrected chi connectivity index (χ0v) is 18.9. The van der Waals surface area contributed by atoms with Gasteiger partial charge in [-0.05, 0) is 49.6 Å². The number of carbonyl (C=O) groups excluding carboxylic acids is 1. The molecule has 0 amide bonds. The third-order valence-corrected chi connectivity index (χ3v) is 5.62. The lowest BCUT2D eigenvalue weighted by Crippen LogP contribution is -2.38. The fourth-order valence-electron chi connectivity index (χ4n) is 4.09. The molecule has 0 fully saturated rings. The van der Waals surface area contributed by atoms with E-state index in [4.69, 9.17) is 15.2 Å². The first kappa shape index (κ1) is 21.9. The summed E-state index contributed by atoms with van der Waals surface area (Å²) in [7, 11) is 1.63. The van der Waals surface area contributed by atoms with Crippen LogP contribution in [0.1, 0.15) is 35.3 Å². The number of benzene rings is 3. The first-order valence-electron chi connectivity index (χ1n) is 10.9. The van der Waals surface area contributed by atoms with E-state index in [9.17, 15) is 4.79 Å². The maximum Gasteiger partial charge on any atom is 0.338 e. The van der Waals surface area contributed by atoms with E-state index in [-0.39, 0.29) is 12.6 Å². The smallest absolute Gasteiger partial charge is 0.338 e. The van der Waals surface area contributed by atoms with Gasteiger partial charge in [0.1, 0.15) is 12.4 Å². The topological polar surface area (TPSA) is 64.8 Å². The van der Waals surface area contributed by atoms with Crippen molar-refractivity contribution >= 4 is 11.7 Å². The van der Waals surface area contributed by atoms with Crippen LogP contribution >= 0.6 is 0 Å². The van der Waals surface area contributed by atoms with Gasteiger partial charge in [-0.3, -0.25) is 0 Å². The number of nitrogens with zero attached hydrogens (tertiary/aromatic N) is 1. The molecule has 0 aliphatic carbocycles. The number of fused-ring (bicyclic) bond motifs is 1. The third-order valence-electron chi connectivity index (χ3n) is 5.62. The highest BCUT2D eigenvalue weighted by atomic mass is 16.5. The molecule has 0 unspecified atom stereocenters. The first-order valence-corrected chi connectivity index (χ1v) is 10.9. The maximum atomic E-state index is 13.0. The predicted octanol–water partition coefficient (Wildman–Crippen LogP) is 4.82. The zero-order valence-electron chi connectivity index (χ0n) is 18.9. The van der Waals surface area contributed by atoms with Crippen LogP contribution in [0.15, 0.2) is 66.7 Å². The fourth-order valence-corrected chi connectivity index (χ4v) is 4.09. The quantitative estimate of drug-likeness (QED) is 0.545. The summed E-state index contributed by atoms with van der Waals surface area (Å²) in [5, 5.41) is 0. The Hall–Kier alpha value is -3.31. The standard InChI is InChI=1S/C27H30N2O3/c1-27(2,28)18-32-26(30)23-13-12-21(31-3)16-24(23)22-11-7-10-20-14-15-29(25(20)22)17-19-8-5-4-6-9-19/h4-13,16H,14-15,17-18,28H2,1-3H3. The van der Waals surface area contributed by atoms with Gasteiger partial charge in [0, 0.05) is 35.4 Å². The molecule has 166 valence electrons. The minimum Gasteiger partial charge on any atom is -0.497 e. The minimum atomic E-state index is -0.594. The number of rotatable bonds is 7. The molecular formula is C27H30N2O3. The van der Waals surface area contributed by atoms with Gasteiger partial charge in [0.15, 0.2) is 0 Å². The van der Waals surface area contributed by atoms with E-state index < -0.39 is 5.54 Å². The summed E-state index contributed by atoms with van der Waals surface area (Å²) in [4.78, 5) is 15.4. The Labute approximate surface area is 189 Å². The van der Waals surface area contributed by atoms with Gasteiger partial charge in [-0.15, -0.1) is 0 Å². The number of nitrogens with two attached hydrogens (primary N) is 1. The highest BCUT2D eigenvalue weighted by molar-refractivity contribution is 6.00. The van der Waals surface area contributed by atoms with E-state index in [2.05, 4.69) is 47.4 Å². The third kappa shape index (κ3) is 4.78. The van der Waals surface area contributed by atoms with Crippen LogP contribution in [-0.2, 0) is 17.7 Å². The molecule has 0 saturated heterocycles. The van der Waals surface area contributed by atoms with Gasteiger partial charge in [0.05, 0.1) is 12.7 Å². The van der Waals surface area contributed by atoms with Crippen molar-refractivity contribution in [3.05, 3.63) is 83.4 Å². The molecular weight excluding hydrogens is 400 g/mol. The van der Waals surface area contributed by atoms with Crippen LogP contribution < -0.4 is 15.4 Å². The van der Waals surface area contributed by atoms with Gasteiger partial charge in [-0.2, -0.15) is 0 Å². The van der Waals surface area contributed by atoms with Crippen molar-refractivity contribution in [1.82, 2.24) is 0 Å². The minimum absolute atomic E-state index is 0.143. The van der Waals surface area contributed by atoms with Gasteiger partial charge in [0.2, 0.25) is 0 Å². The second-order valence-corrected chi connectivity index (χ2v) is 8.95. The lowest BCUT2D eigenvalue weighted by atomic mass is 9.95. The van der Waals surface area contributed by atoms with E-state index >= 15 is 0 Å². The molecule has 32 heavy (non-hydrogen) atoms. The molecule has 5 heteroatoms. The van der Waals surface area contributed by atoms with Crippen molar-refractivity contribution in [3.63, 3.8) is 0 Å². The van der Waals surface area contributed by atoms with Crippen molar-refractivity contribution in [1.29, 1.82) is 0 Å². The summed E-state index contributed by atoms with van der Waals surface area (Å²) in [6, 6.07) is 22.2. The SMILES string of the molecule is COc1ccc(C(=O)OCC(C)(C)N)c(-c2cccc3c2N(Cc2ccccc2)CC3)c1. The molecule has 0 spiro atoms. The van der Waals surface area contributed by atoms with E-state index in [0.717, 1.165) is 36.3 Å². The van der Waals surface area contributed by atoms with Crippen LogP contribution in [-0.4, -0.2) is 31.8 Å². The molecule has 2 N–H and O–H groups in total. The Morgan fingerprint density at radius 1 is 1.03 bits per heavy atom. The van der Waals surface area contributed by atoms with Gasteiger partial charge >= 0.3 is 5.97 Å². The summed E-state index contributed by atoms with van der Waals surface area (Å²) < 4.78 is 11.0. The summed E-state index contributed by atoms with van der Waals surface area (Å²) in [6.45, 7) is 5.56. The molecule has 4 rings (SSSR count). The first-order chi connectivity index (χ1) is 15.4. The highest BCUT2D eigenvalue weighted by Crippen LogP contribution is 2.41. The van der Waals surface area contributed by atoms with Gasteiger partial charge < -0.3 is 20.1 Å². The van der Waals surface area contributed by atoms with Crippen molar-refractivity contribution < 1.29 is 14.3 Å². The van der Waals surface area contributed by atoms with E-state index in [1.807, 2.05) is 26.0 Å². The highest BCUT2D eigenvalue weighted by Gasteiger charge is 2.26. The Morgan fingerprint density at radius 3 is 2.53 bits per heavy atom. The number of anilines is 1. The van der Waals surface area contributed by atoms with Crippen molar-refractivity contribution in [2.75, 3.05) is 25.2 Å². The molecule has 0 bridgehead atoms. The monoisotopic (exact) mass is 430 g/mol. The van der Waals surface area contributed by atoms with Crippen molar-refractivity contribution in [2.24, 2.45) is 5.73 Å². The van der Waals surface area contributed by atoms with E-state index in [1.54, 1.807) is 19.2 Å². The van der Waals surface area contributed by atoms with Crippen LogP contribution in [0.3, 0.4) is 0 Å². The summed E-state index contributed by atoms with van der Waals surface area (Å²) in [5.41, 5.74) is 11.4. The van der Waals surface area contributed by atoms with Crippen LogP contribution in [0.5, 0.6) is 5.75 Å². The van der Waals surface area contributed by atoms with Gasteiger partial charge in [0.25, 0.3) is 0 Å². The molecule has 1 aliphatic rings. The lowest BCUT2D eigenvalue weighted by molar-refractivity contribution is 0.0434. The lowest BCUT2D eigenvalue weighted by Gasteiger charge is -2.24. The number of hydrogen-bond donors (Lipinski definition) is 1. The summed E-state index contributed by atoms with van der Waals surface area (Å²) in [6.07, 6.45) is 0.973. The Morgan fingerprint density at radius 2 is 1.81 bits per heavy atom. The number of esters is 1. The Bertz CT molecular complexity index is 1100. The fraction of sp³-hybridized carbons (Fsp3) is 0.296. The normalized spacial score (nSPS) is 13.1. The molecule has 5 nitrogen and oxygen atoms in total. The Balaban J connectivity index is 1.75. The van der Waals surface area contributed by atoms with Crippen LogP contribution in [0.25, 0.3) is 11.1 Å². The molecule has 0 saturated carbocycles. The van der Waals surface area contributed by atoms with Gasteiger partial charge in [-0.1, -0.05) is 48.5 Å². The van der Waals surface area contributed by atoms with Crippen LogP contribution in [0.4, 0.5) is 5.69 Å². The average molecular weight is 431 g/mol. The number of hydrogen-bond acceptors (Lipinski definition) is 5. The zero-order chi connectivity index (χ0) is 22.7. The van der Waals surface area contributed by atoms with Crippen molar-refractivity contribution in [2.45, 2.75) is 32.4 Å². The number of ether oxygens (including phenoxy) is 2. The maximum absolute atomic E-state index is 13.0. The number of carbonyl (C=O) groups is 1.